The predicted octanol–water partition coefficient (Wildman–Crippen LogP) is 5.08. The van der Waals surface area contributed by atoms with Gasteiger partial charge in [0.2, 0.25) is 0 Å². The standard InChI is InChI=1S/C21H30O4.C2H6/c1-20-10-5-6-16(20)15-8-7-14(12-18(22)24-3)21(2,13-19(23)25-4)17(15)9-11-20;1-2/h5-6,10,14-15,17H,7-9,11-13H2,1-4H3;1-2H3/t14?,15?,17-,20?,21?;/m0./s1. The maximum Gasteiger partial charge on any atom is 0.306 e. The van der Waals surface area contributed by atoms with Gasteiger partial charge in [-0.25, -0.2) is 0 Å². The molecule has 0 aromatic heterocycles. The maximum atomic E-state index is 12.2. The zero-order valence-electron chi connectivity index (χ0n) is 17.8. The Morgan fingerprint density at radius 3 is 2.37 bits per heavy atom. The molecule has 0 bridgehead atoms. The van der Waals surface area contributed by atoms with Gasteiger partial charge in [0.05, 0.1) is 20.6 Å². The molecular weight excluding hydrogens is 340 g/mol. The molecule has 3 aliphatic carbocycles. The van der Waals surface area contributed by atoms with Gasteiger partial charge in [-0.05, 0) is 48.9 Å². The zero-order valence-corrected chi connectivity index (χ0v) is 17.8. The van der Waals surface area contributed by atoms with E-state index >= 15 is 0 Å². The summed E-state index contributed by atoms with van der Waals surface area (Å²) in [6.07, 6.45) is 11.8. The van der Waals surface area contributed by atoms with Gasteiger partial charge in [-0.2, -0.15) is 0 Å². The summed E-state index contributed by atoms with van der Waals surface area (Å²) >= 11 is 0. The van der Waals surface area contributed by atoms with Gasteiger partial charge in [-0.3, -0.25) is 9.59 Å². The quantitative estimate of drug-likeness (QED) is 0.642. The van der Waals surface area contributed by atoms with E-state index in [1.54, 1.807) is 0 Å². The molecular formula is C23H36O4. The summed E-state index contributed by atoms with van der Waals surface area (Å²) in [6.45, 7) is 8.52. The molecule has 2 fully saturated rings. The van der Waals surface area contributed by atoms with Crippen LogP contribution in [0, 0.1) is 28.6 Å². The Labute approximate surface area is 164 Å². The maximum absolute atomic E-state index is 12.2. The third kappa shape index (κ3) is 4.00. The summed E-state index contributed by atoms with van der Waals surface area (Å²) in [5.74, 6) is 0.720. The number of hydrogen-bond acceptors (Lipinski definition) is 4. The molecule has 0 heterocycles. The number of rotatable bonds is 4. The Morgan fingerprint density at radius 1 is 1.07 bits per heavy atom. The van der Waals surface area contributed by atoms with Crippen molar-refractivity contribution in [3.05, 3.63) is 23.8 Å². The lowest BCUT2D eigenvalue weighted by Crippen LogP contribution is -2.49. The molecule has 3 aliphatic rings. The number of methoxy groups -OCH3 is 2. The molecule has 0 spiro atoms. The van der Waals surface area contributed by atoms with Crippen LogP contribution in [0.4, 0.5) is 0 Å². The first-order valence-corrected chi connectivity index (χ1v) is 10.4. The van der Waals surface area contributed by atoms with E-state index in [1.165, 1.54) is 19.8 Å². The summed E-state index contributed by atoms with van der Waals surface area (Å²) < 4.78 is 9.92. The van der Waals surface area contributed by atoms with Crippen LogP contribution >= 0.6 is 0 Å². The number of allylic oxidation sites excluding steroid dienone is 4. The van der Waals surface area contributed by atoms with E-state index < -0.39 is 0 Å². The van der Waals surface area contributed by atoms with E-state index in [9.17, 15) is 9.59 Å². The van der Waals surface area contributed by atoms with E-state index in [-0.39, 0.29) is 28.7 Å². The van der Waals surface area contributed by atoms with Crippen LogP contribution < -0.4 is 0 Å². The summed E-state index contributed by atoms with van der Waals surface area (Å²) in [7, 11) is 2.88. The van der Waals surface area contributed by atoms with Gasteiger partial charge >= 0.3 is 11.9 Å². The van der Waals surface area contributed by atoms with Crippen molar-refractivity contribution in [1.82, 2.24) is 0 Å². The second kappa shape index (κ2) is 8.62. The minimum Gasteiger partial charge on any atom is -0.469 e. The fourth-order valence-corrected chi connectivity index (χ4v) is 5.74. The van der Waals surface area contributed by atoms with Crippen molar-refractivity contribution >= 4 is 11.9 Å². The topological polar surface area (TPSA) is 52.6 Å². The third-order valence-corrected chi connectivity index (χ3v) is 7.26. The molecule has 5 atom stereocenters. The van der Waals surface area contributed by atoms with Crippen molar-refractivity contribution in [2.75, 3.05) is 14.2 Å². The number of fused-ring (bicyclic) bond motifs is 3. The smallest absolute Gasteiger partial charge is 0.306 e. The van der Waals surface area contributed by atoms with Crippen LogP contribution in [0.3, 0.4) is 0 Å². The molecule has 27 heavy (non-hydrogen) atoms. The third-order valence-electron chi connectivity index (χ3n) is 7.26. The zero-order chi connectivity index (χ0) is 20.2. The Balaban J connectivity index is 0.00000126. The highest BCUT2D eigenvalue weighted by molar-refractivity contribution is 5.72. The van der Waals surface area contributed by atoms with Crippen LogP contribution in [0.15, 0.2) is 23.8 Å². The summed E-state index contributed by atoms with van der Waals surface area (Å²) in [6, 6.07) is 0. The van der Waals surface area contributed by atoms with Gasteiger partial charge in [0, 0.05) is 11.8 Å². The highest BCUT2D eigenvalue weighted by atomic mass is 16.5. The molecule has 2 saturated carbocycles. The molecule has 0 N–H and O–H groups in total. The van der Waals surface area contributed by atoms with Gasteiger partial charge in [0.15, 0.2) is 0 Å². The van der Waals surface area contributed by atoms with Crippen molar-refractivity contribution in [3.63, 3.8) is 0 Å². The molecule has 0 amide bonds. The summed E-state index contributed by atoms with van der Waals surface area (Å²) in [4.78, 5) is 24.1. The van der Waals surface area contributed by atoms with Crippen LogP contribution in [0.25, 0.3) is 0 Å². The molecule has 4 nitrogen and oxygen atoms in total. The normalized spacial score (nSPS) is 36.5. The molecule has 4 heteroatoms. The minimum atomic E-state index is -0.227. The highest BCUT2D eigenvalue weighted by Gasteiger charge is 2.54. The lowest BCUT2D eigenvalue weighted by atomic mass is 9.48. The highest BCUT2D eigenvalue weighted by Crippen LogP contribution is 2.62. The first kappa shape index (κ1) is 21.7. The van der Waals surface area contributed by atoms with Crippen LogP contribution in [0.2, 0.25) is 0 Å². The summed E-state index contributed by atoms with van der Waals surface area (Å²) in [5, 5.41) is 0. The Morgan fingerprint density at radius 2 is 1.74 bits per heavy atom. The Bertz CT molecular complexity index is 620. The fraction of sp³-hybridized carbons (Fsp3) is 0.739. The molecule has 152 valence electrons. The Kier molecular flexibility index (Phi) is 6.93. The van der Waals surface area contributed by atoms with Gasteiger partial charge in [-0.15, -0.1) is 0 Å². The number of esters is 2. The molecule has 0 saturated heterocycles. The SMILES string of the molecule is CC.COC(=O)CC1CCC2C3=CC=CC3(C)CC[C@@H]2C1(C)CC(=O)OC. The number of hydrogen-bond donors (Lipinski definition) is 0. The number of carbonyl (C=O) groups excluding carboxylic acids is 2. The van der Waals surface area contributed by atoms with E-state index in [1.807, 2.05) is 13.8 Å². The van der Waals surface area contributed by atoms with Gasteiger partial charge in [-0.1, -0.05) is 51.5 Å². The van der Waals surface area contributed by atoms with Crippen molar-refractivity contribution in [3.8, 4) is 0 Å². The first-order valence-electron chi connectivity index (χ1n) is 10.4. The molecule has 0 radical (unpaired) electrons. The molecule has 0 aromatic rings. The number of carbonyl (C=O) groups is 2. The van der Waals surface area contributed by atoms with Crippen LogP contribution in [-0.2, 0) is 19.1 Å². The first-order chi connectivity index (χ1) is 12.8. The average Bonchev–Trinajstić information content (AvgIpc) is 3.07. The number of ether oxygens (including phenoxy) is 2. The average molecular weight is 377 g/mol. The predicted molar refractivity (Wildman–Crippen MR) is 107 cm³/mol. The molecule has 0 aliphatic heterocycles. The van der Waals surface area contributed by atoms with Gasteiger partial charge in [0.25, 0.3) is 0 Å². The van der Waals surface area contributed by atoms with Crippen molar-refractivity contribution in [2.45, 2.75) is 66.2 Å². The van der Waals surface area contributed by atoms with E-state index in [0.717, 1.165) is 25.7 Å². The second-order valence-electron chi connectivity index (χ2n) is 8.46. The summed E-state index contributed by atoms with van der Waals surface area (Å²) in [5.41, 5.74) is 1.48. The molecule has 4 unspecified atom stereocenters. The lowest BCUT2D eigenvalue weighted by molar-refractivity contribution is -0.153. The second-order valence-corrected chi connectivity index (χ2v) is 8.46. The monoisotopic (exact) mass is 376 g/mol. The van der Waals surface area contributed by atoms with E-state index in [2.05, 4.69) is 32.1 Å². The van der Waals surface area contributed by atoms with Crippen LogP contribution in [-0.4, -0.2) is 26.2 Å². The van der Waals surface area contributed by atoms with Crippen LogP contribution in [0.1, 0.15) is 66.2 Å². The van der Waals surface area contributed by atoms with E-state index in [0.29, 0.717) is 24.7 Å². The Hall–Kier alpha value is -1.58. The van der Waals surface area contributed by atoms with Crippen molar-refractivity contribution in [1.29, 1.82) is 0 Å². The van der Waals surface area contributed by atoms with Crippen LogP contribution in [0.5, 0.6) is 0 Å². The molecule has 3 rings (SSSR count). The van der Waals surface area contributed by atoms with Gasteiger partial charge < -0.3 is 9.47 Å². The van der Waals surface area contributed by atoms with E-state index in [4.69, 9.17) is 9.47 Å². The fourth-order valence-electron chi connectivity index (χ4n) is 5.74. The minimum absolute atomic E-state index is 0.166. The molecule has 0 aromatic carbocycles. The van der Waals surface area contributed by atoms with Gasteiger partial charge in [0.1, 0.15) is 0 Å². The largest absolute Gasteiger partial charge is 0.469 e. The van der Waals surface area contributed by atoms with Crippen molar-refractivity contribution < 1.29 is 19.1 Å². The lowest BCUT2D eigenvalue weighted by Gasteiger charge is -2.56. The van der Waals surface area contributed by atoms with Crippen molar-refractivity contribution in [2.24, 2.45) is 28.6 Å².